The van der Waals surface area contributed by atoms with Crippen molar-refractivity contribution in [3.63, 3.8) is 0 Å². The summed E-state index contributed by atoms with van der Waals surface area (Å²) in [4.78, 5) is 4.62. The highest BCUT2D eigenvalue weighted by atomic mass is 35.5. The second-order valence-electron chi connectivity index (χ2n) is 5.85. The highest BCUT2D eigenvalue weighted by molar-refractivity contribution is 5.94. The molecule has 1 N–H and O–H groups in total. The number of halogens is 1. The van der Waals surface area contributed by atoms with Gasteiger partial charge < -0.3 is 10.1 Å². The molecule has 0 spiro atoms. The van der Waals surface area contributed by atoms with Crippen molar-refractivity contribution in [2.75, 3.05) is 11.9 Å². The quantitative estimate of drug-likeness (QED) is 0.658. The number of aryl methyl sites for hydroxylation is 3. The van der Waals surface area contributed by atoms with Gasteiger partial charge in [0.25, 0.3) is 0 Å². The van der Waals surface area contributed by atoms with Crippen molar-refractivity contribution in [3.05, 3.63) is 59.3 Å². The molecule has 0 aliphatic rings. The number of benzene rings is 2. The molecule has 0 aliphatic carbocycles. The molecule has 0 saturated heterocycles. The van der Waals surface area contributed by atoms with Gasteiger partial charge in [-0.05, 0) is 75.2 Å². The summed E-state index contributed by atoms with van der Waals surface area (Å²) < 4.78 is 5.63. The summed E-state index contributed by atoms with van der Waals surface area (Å²) in [5.74, 6) is 0.869. The highest BCUT2D eigenvalue weighted by Crippen LogP contribution is 2.30. The van der Waals surface area contributed by atoms with Gasteiger partial charge in [0.1, 0.15) is 5.75 Å². The van der Waals surface area contributed by atoms with E-state index in [2.05, 4.69) is 54.5 Å². The maximum atomic E-state index is 5.63. The van der Waals surface area contributed by atoms with Gasteiger partial charge in [0, 0.05) is 22.5 Å². The van der Waals surface area contributed by atoms with Gasteiger partial charge >= 0.3 is 0 Å². The van der Waals surface area contributed by atoms with Crippen LogP contribution in [0.1, 0.15) is 23.7 Å². The lowest BCUT2D eigenvalue weighted by atomic mass is 10.1. The van der Waals surface area contributed by atoms with Gasteiger partial charge in [0.05, 0.1) is 12.1 Å². The van der Waals surface area contributed by atoms with Crippen molar-refractivity contribution >= 4 is 34.7 Å². The zero-order chi connectivity index (χ0) is 16.4. The number of rotatable bonds is 4. The molecule has 0 saturated carbocycles. The molecule has 0 fully saturated rings. The third kappa shape index (κ3) is 3.80. The van der Waals surface area contributed by atoms with Crippen molar-refractivity contribution < 1.29 is 4.74 Å². The van der Waals surface area contributed by atoms with Crippen LogP contribution in [0, 0.1) is 20.8 Å². The minimum Gasteiger partial charge on any atom is -0.494 e. The summed E-state index contributed by atoms with van der Waals surface area (Å²) in [5, 5.41) is 4.60. The molecule has 1 aromatic heterocycles. The van der Waals surface area contributed by atoms with E-state index >= 15 is 0 Å². The summed E-state index contributed by atoms with van der Waals surface area (Å²) in [5.41, 5.74) is 6.68. The first-order valence-electron chi connectivity index (χ1n) is 7.95. The molecule has 4 heteroatoms. The van der Waals surface area contributed by atoms with Crippen LogP contribution in [-0.4, -0.2) is 11.6 Å². The normalized spacial score (nSPS) is 10.3. The van der Waals surface area contributed by atoms with Crippen LogP contribution in [0.25, 0.3) is 10.9 Å². The van der Waals surface area contributed by atoms with Gasteiger partial charge in [-0.2, -0.15) is 0 Å². The summed E-state index contributed by atoms with van der Waals surface area (Å²) in [6.07, 6.45) is 0. The van der Waals surface area contributed by atoms with Crippen LogP contribution < -0.4 is 10.1 Å². The standard InChI is InChI=1S/C20H22N2O.ClH/c1-5-23-17-8-9-19-18(12-17)20(11-15(4)21-19)22-16-7-6-13(2)14(3)10-16;/h6-12H,5H2,1-4H3,(H,21,22);1H. The topological polar surface area (TPSA) is 34.1 Å². The lowest BCUT2D eigenvalue weighted by Crippen LogP contribution is -1.97. The van der Waals surface area contributed by atoms with Gasteiger partial charge in [-0.3, -0.25) is 4.98 Å². The minimum absolute atomic E-state index is 0. The third-order valence-electron chi connectivity index (χ3n) is 4.01. The van der Waals surface area contributed by atoms with E-state index in [0.717, 1.165) is 33.7 Å². The Labute approximate surface area is 149 Å². The van der Waals surface area contributed by atoms with Crippen LogP contribution in [0.5, 0.6) is 5.75 Å². The first-order chi connectivity index (χ1) is 11.1. The van der Waals surface area contributed by atoms with Crippen molar-refractivity contribution in [1.29, 1.82) is 0 Å². The number of nitrogens with zero attached hydrogens (tertiary/aromatic N) is 1. The molecular weight excluding hydrogens is 320 g/mol. The van der Waals surface area contributed by atoms with E-state index in [4.69, 9.17) is 4.74 Å². The first kappa shape index (κ1) is 18.1. The molecule has 0 atom stereocenters. The molecule has 1 heterocycles. The second-order valence-corrected chi connectivity index (χ2v) is 5.85. The lowest BCUT2D eigenvalue weighted by Gasteiger charge is -2.13. The maximum Gasteiger partial charge on any atom is 0.120 e. The molecule has 3 aromatic rings. The second kappa shape index (κ2) is 7.54. The Morgan fingerprint density at radius 2 is 1.75 bits per heavy atom. The SMILES string of the molecule is CCOc1ccc2nc(C)cc(Nc3ccc(C)c(C)c3)c2c1.Cl. The Bertz CT molecular complexity index is 862. The van der Waals surface area contributed by atoms with Gasteiger partial charge in [-0.1, -0.05) is 6.07 Å². The van der Waals surface area contributed by atoms with E-state index in [1.165, 1.54) is 11.1 Å². The van der Waals surface area contributed by atoms with Crippen LogP contribution in [0.2, 0.25) is 0 Å². The summed E-state index contributed by atoms with van der Waals surface area (Å²) in [6, 6.07) is 14.5. The highest BCUT2D eigenvalue weighted by Gasteiger charge is 2.07. The monoisotopic (exact) mass is 342 g/mol. The first-order valence-corrected chi connectivity index (χ1v) is 7.95. The number of hydrogen-bond donors (Lipinski definition) is 1. The molecule has 24 heavy (non-hydrogen) atoms. The van der Waals surface area contributed by atoms with Crippen molar-refractivity contribution in [3.8, 4) is 5.75 Å². The smallest absolute Gasteiger partial charge is 0.120 e. The largest absolute Gasteiger partial charge is 0.494 e. The molecule has 3 rings (SSSR count). The Hall–Kier alpha value is -2.26. The average molecular weight is 343 g/mol. The van der Waals surface area contributed by atoms with Crippen molar-refractivity contribution in [1.82, 2.24) is 4.98 Å². The van der Waals surface area contributed by atoms with Gasteiger partial charge in [0.15, 0.2) is 0 Å². The summed E-state index contributed by atoms with van der Waals surface area (Å²) in [6.45, 7) is 8.92. The van der Waals surface area contributed by atoms with E-state index in [1.54, 1.807) is 0 Å². The van der Waals surface area contributed by atoms with Crippen LogP contribution in [-0.2, 0) is 0 Å². The minimum atomic E-state index is 0. The van der Waals surface area contributed by atoms with Gasteiger partial charge in [-0.25, -0.2) is 0 Å². The zero-order valence-corrected chi connectivity index (χ0v) is 15.3. The molecule has 126 valence electrons. The number of aromatic nitrogens is 1. The van der Waals surface area contributed by atoms with E-state index in [0.29, 0.717) is 6.61 Å². The predicted octanol–water partition coefficient (Wildman–Crippen LogP) is 5.72. The number of fused-ring (bicyclic) bond motifs is 1. The van der Waals surface area contributed by atoms with Crippen molar-refractivity contribution in [2.45, 2.75) is 27.7 Å². The van der Waals surface area contributed by atoms with Gasteiger partial charge in [0.2, 0.25) is 0 Å². The molecule has 2 aromatic carbocycles. The molecule has 0 unspecified atom stereocenters. The van der Waals surface area contributed by atoms with Gasteiger partial charge in [-0.15, -0.1) is 12.4 Å². The van der Waals surface area contributed by atoms with Crippen LogP contribution >= 0.6 is 12.4 Å². The third-order valence-corrected chi connectivity index (χ3v) is 4.01. The summed E-state index contributed by atoms with van der Waals surface area (Å²) >= 11 is 0. The average Bonchev–Trinajstić information content (AvgIpc) is 2.52. The fourth-order valence-corrected chi connectivity index (χ4v) is 2.67. The number of hydrogen-bond acceptors (Lipinski definition) is 3. The molecular formula is C20H23ClN2O. The van der Waals surface area contributed by atoms with Crippen molar-refractivity contribution in [2.24, 2.45) is 0 Å². The molecule has 0 bridgehead atoms. The molecule has 0 radical (unpaired) electrons. The van der Waals surface area contributed by atoms with E-state index in [-0.39, 0.29) is 12.4 Å². The fraction of sp³-hybridized carbons (Fsp3) is 0.250. The van der Waals surface area contributed by atoms with Crippen LogP contribution in [0.15, 0.2) is 42.5 Å². The van der Waals surface area contributed by atoms with E-state index in [1.807, 2.05) is 26.0 Å². The van der Waals surface area contributed by atoms with E-state index < -0.39 is 0 Å². The number of ether oxygens (including phenoxy) is 1. The van der Waals surface area contributed by atoms with Crippen LogP contribution in [0.4, 0.5) is 11.4 Å². The Morgan fingerprint density at radius 3 is 2.46 bits per heavy atom. The Morgan fingerprint density at radius 1 is 0.958 bits per heavy atom. The number of pyridine rings is 1. The van der Waals surface area contributed by atoms with Crippen LogP contribution in [0.3, 0.4) is 0 Å². The Kier molecular flexibility index (Phi) is 5.68. The summed E-state index contributed by atoms with van der Waals surface area (Å²) in [7, 11) is 0. The number of nitrogens with one attached hydrogen (secondary N) is 1. The fourth-order valence-electron chi connectivity index (χ4n) is 2.67. The maximum absolute atomic E-state index is 5.63. The Balaban J connectivity index is 0.00000208. The zero-order valence-electron chi connectivity index (χ0n) is 14.5. The predicted molar refractivity (Wildman–Crippen MR) is 104 cm³/mol. The molecule has 3 nitrogen and oxygen atoms in total. The molecule has 0 aliphatic heterocycles. The molecule has 0 amide bonds. The lowest BCUT2D eigenvalue weighted by molar-refractivity contribution is 0.340. The van der Waals surface area contributed by atoms with E-state index in [9.17, 15) is 0 Å². The number of anilines is 2.